The minimum Gasteiger partial charge on any atom is -0.503 e. The van der Waals surface area contributed by atoms with Gasteiger partial charge < -0.3 is 14.6 Å². The van der Waals surface area contributed by atoms with Crippen LogP contribution in [0.5, 0.6) is 17.2 Å². The van der Waals surface area contributed by atoms with Gasteiger partial charge in [-0.25, -0.2) is 4.68 Å². The molecule has 0 saturated carbocycles. The maximum absolute atomic E-state index is 11.6. The zero-order valence-corrected chi connectivity index (χ0v) is 11.2. The number of hydrogen-bond acceptors (Lipinski definition) is 6. The summed E-state index contributed by atoms with van der Waals surface area (Å²) >= 11 is 0. The molecule has 3 rings (SSSR count). The smallest absolute Gasteiger partial charge is 0.252 e. The molecule has 1 aromatic heterocycles. The van der Waals surface area contributed by atoms with Crippen molar-refractivity contribution >= 4 is 5.78 Å². The first-order valence-electron chi connectivity index (χ1n) is 6.30. The van der Waals surface area contributed by atoms with Crippen LogP contribution in [0.15, 0.2) is 29.2 Å². The predicted octanol–water partition coefficient (Wildman–Crippen LogP) is 0.912. The summed E-state index contributed by atoms with van der Waals surface area (Å²) in [5.74, 6) is 0.109. The molecule has 2 aromatic rings. The Balaban J connectivity index is 2.12. The number of Topliss-reactive ketones (excluding diaryl/α,β-unsaturated/α-hetero) is 1. The van der Waals surface area contributed by atoms with E-state index < -0.39 is 17.0 Å². The van der Waals surface area contributed by atoms with Crippen LogP contribution < -0.4 is 14.9 Å². The molecule has 0 amide bonds. The number of carbonyl (C=O) groups excluding carboxylic acids is 1. The van der Waals surface area contributed by atoms with E-state index in [0.717, 1.165) is 6.20 Å². The molecule has 0 radical (unpaired) electrons. The highest BCUT2D eigenvalue weighted by molar-refractivity contribution is 5.92. The fraction of sp³-hybridized carbons (Fsp3) is 0.214. The minimum absolute atomic E-state index is 0.315. The molecule has 7 heteroatoms. The molecule has 0 aliphatic carbocycles. The van der Waals surface area contributed by atoms with E-state index >= 15 is 0 Å². The highest BCUT2D eigenvalue weighted by Gasteiger charge is 2.16. The zero-order valence-electron chi connectivity index (χ0n) is 11.2. The Bertz CT molecular complexity index is 781. The van der Waals surface area contributed by atoms with E-state index in [4.69, 9.17) is 9.47 Å². The molecule has 1 aliphatic heterocycles. The zero-order chi connectivity index (χ0) is 15.0. The van der Waals surface area contributed by atoms with Crippen molar-refractivity contribution in [1.82, 2.24) is 9.78 Å². The van der Waals surface area contributed by atoms with Crippen LogP contribution in [0.25, 0.3) is 5.69 Å². The van der Waals surface area contributed by atoms with Gasteiger partial charge in [0.05, 0.1) is 11.9 Å². The number of ether oxygens (including phenoxy) is 2. The van der Waals surface area contributed by atoms with Crippen molar-refractivity contribution in [2.24, 2.45) is 0 Å². The van der Waals surface area contributed by atoms with Gasteiger partial charge in [-0.05, 0) is 12.1 Å². The number of benzene rings is 1. The van der Waals surface area contributed by atoms with Crippen molar-refractivity contribution in [1.29, 1.82) is 0 Å². The van der Waals surface area contributed by atoms with E-state index in [0.29, 0.717) is 30.4 Å². The molecule has 108 valence electrons. The highest BCUT2D eigenvalue weighted by Crippen LogP contribution is 2.31. The summed E-state index contributed by atoms with van der Waals surface area (Å²) in [6.45, 7) is 2.15. The summed E-state index contributed by atoms with van der Waals surface area (Å²) in [6.07, 6.45) is 1.15. The molecule has 0 bridgehead atoms. The lowest BCUT2D eigenvalue weighted by Crippen LogP contribution is -2.20. The fourth-order valence-electron chi connectivity index (χ4n) is 2.01. The predicted molar refractivity (Wildman–Crippen MR) is 72.5 cm³/mol. The number of fused-ring (bicyclic) bond motifs is 1. The molecule has 1 aromatic carbocycles. The number of nitrogens with zero attached hydrogens (tertiary/aromatic N) is 2. The Kier molecular flexibility index (Phi) is 3.09. The first kappa shape index (κ1) is 13.2. The molecular weight excluding hydrogens is 276 g/mol. The van der Waals surface area contributed by atoms with Crippen molar-refractivity contribution < 1.29 is 19.4 Å². The van der Waals surface area contributed by atoms with Crippen LogP contribution in [-0.4, -0.2) is 33.9 Å². The summed E-state index contributed by atoms with van der Waals surface area (Å²) in [7, 11) is 0. The number of carbonyl (C=O) groups is 1. The van der Waals surface area contributed by atoms with E-state index in [2.05, 4.69) is 5.10 Å². The Hall–Kier alpha value is -2.83. The molecule has 21 heavy (non-hydrogen) atoms. The third kappa shape index (κ3) is 2.33. The van der Waals surface area contributed by atoms with Crippen LogP contribution in [0.4, 0.5) is 0 Å². The monoisotopic (exact) mass is 288 g/mol. The van der Waals surface area contributed by atoms with E-state index in [1.165, 1.54) is 11.6 Å². The molecular formula is C14H12N2O5. The van der Waals surface area contributed by atoms with Crippen LogP contribution in [0.2, 0.25) is 0 Å². The Morgan fingerprint density at radius 2 is 2.00 bits per heavy atom. The molecule has 0 fully saturated rings. The molecule has 0 spiro atoms. The normalized spacial score (nSPS) is 13.0. The molecule has 0 saturated heterocycles. The molecule has 0 unspecified atom stereocenters. The van der Waals surface area contributed by atoms with Gasteiger partial charge in [0.25, 0.3) is 5.43 Å². The van der Waals surface area contributed by atoms with Gasteiger partial charge in [-0.2, -0.15) is 5.10 Å². The van der Waals surface area contributed by atoms with Gasteiger partial charge in [-0.1, -0.05) is 0 Å². The quantitative estimate of drug-likeness (QED) is 0.826. The third-order valence-corrected chi connectivity index (χ3v) is 3.02. The van der Waals surface area contributed by atoms with Crippen molar-refractivity contribution in [3.8, 4) is 22.9 Å². The summed E-state index contributed by atoms with van der Waals surface area (Å²) in [4.78, 5) is 23.0. The number of ketones is 1. The van der Waals surface area contributed by atoms with Crippen molar-refractivity contribution in [3.05, 3.63) is 40.3 Å². The summed E-state index contributed by atoms with van der Waals surface area (Å²) < 4.78 is 12.1. The lowest BCUT2D eigenvalue weighted by molar-refractivity contribution is 0.100. The van der Waals surface area contributed by atoms with Crippen molar-refractivity contribution in [2.75, 3.05) is 13.2 Å². The number of hydrogen-bond donors (Lipinski definition) is 1. The summed E-state index contributed by atoms with van der Waals surface area (Å²) in [5.41, 5.74) is -0.557. The van der Waals surface area contributed by atoms with E-state index in [1.54, 1.807) is 18.2 Å². The second-order valence-corrected chi connectivity index (χ2v) is 4.52. The van der Waals surface area contributed by atoms with Gasteiger partial charge in [0.2, 0.25) is 0 Å². The first-order valence-corrected chi connectivity index (χ1v) is 6.30. The van der Waals surface area contributed by atoms with Gasteiger partial charge >= 0.3 is 0 Å². The van der Waals surface area contributed by atoms with E-state index in [9.17, 15) is 14.7 Å². The molecule has 1 N–H and O–H groups in total. The second kappa shape index (κ2) is 4.93. The van der Waals surface area contributed by atoms with Gasteiger partial charge in [-0.3, -0.25) is 9.59 Å². The number of aromatic hydroxyl groups is 1. The highest BCUT2D eigenvalue weighted by atomic mass is 16.6. The van der Waals surface area contributed by atoms with Gasteiger partial charge in [0.1, 0.15) is 13.2 Å². The second-order valence-electron chi connectivity index (χ2n) is 4.52. The topological polar surface area (TPSA) is 90.7 Å². The average Bonchev–Trinajstić information content (AvgIpc) is 2.49. The van der Waals surface area contributed by atoms with Crippen LogP contribution in [-0.2, 0) is 0 Å². The van der Waals surface area contributed by atoms with Crippen LogP contribution >= 0.6 is 0 Å². The third-order valence-electron chi connectivity index (χ3n) is 3.02. The average molecular weight is 288 g/mol. The summed E-state index contributed by atoms with van der Waals surface area (Å²) in [6, 6.07) is 5.05. The number of aromatic nitrogens is 2. The van der Waals surface area contributed by atoms with Crippen molar-refractivity contribution in [2.45, 2.75) is 6.92 Å². The SMILES string of the molecule is CC(=O)c1nn(-c2ccc3c(c2)OCCO3)cc(O)c1=O. The van der Waals surface area contributed by atoms with E-state index in [1.807, 2.05) is 0 Å². The van der Waals surface area contributed by atoms with E-state index in [-0.39, 0.29) is 5.69 Å². The van der Waals surface area contributed by atoms with Gasteiger partial charge in [0, 0.05) is 13.0 Å². The minimum atomic E-state index is -0.781. The Labute approximate surface area is 119 Å². The Morgan fingerprint density at radius 1 is 1.29 bits per heavy atom. The lowest BCUT2D eigenvalue weighted by atomic mass is 10.2. The molecule has 7 nitrogen and oxygen atoms in total. The van der Waals surface area contributed by atoms with Crippen LogP contribution in [0, 0.1) is 0 Å². The maximum Gasteiger partial charge on any atom is 0.252 e. The number of rotatable bonds is 2. The first-order chi connectivity index (χ1) is 10.1. The summed E-state index contributed by atoms with van der Waals surface area (Å²) in [5, 5.41) is 13.6. The molecule has 0 atom stereocenters. The largest absolute Gasteiger partial charge is 0.503 e. The standard InChI is InChI=1S/C14H12N2O5/c1-8(17)13-14(19)10(18)7-16(15-13)9-2-3-11-12(6-9)21-5-4-20-11/h2-3,6-7,18H,4-5H2,1H3. The van der Waals surface area contributed by atoms with Crippen molar-refractivity contribution in [3.63, 3.8) is 0 Å². The lowest BCUT2D eigenvalue weighted by Gasteiger charge is -2.19. The fourth-order valence-corrected chi connectivity index (χ4v) is 2.01. The van der Waals surface area contributed by atoms with Crippen LogP contribution in [0.1, 0.15) is 17.4 Å². The van der Waals surface area contributed by atoms with Gasteiger partial charge in [0.15, 0.2) is 28.7 Å². The van der Waals surface area contributed by atoms with Crippen LogP contribution in [0.3, 0.4) is 0 Å². The maximum atomic E-state index is 11.6. The Morgan fingerprint density at radius 3 is 2.71 bits per heavy atom. The van der Waals surface area contributed by atoms with Gasteiger partial charge in [-0.15, -0.1) is 0 Å². The molecule has 1 aliphatic rings. The molecule has 2 heterocycles.